The Balaban J connectivity index is 2.36. The highest BCUT2D eigenvalue weighted by Crippen LogP contribution is 2.19. The van der Waals surface area contributed by atoms with Gasteiger partial charge < -0.3 is 15.0 Å². The Morgan fingerprint density at radius 3 is 2.75 bits per heavy atom. The van der Waals surface area contributed by atoms with Crippen LogP contribution in [0, 0.1) is 0 Å². The summed E-state index contributed by atoms with van der Waals surface area (Å²) in [6.07, 6.45) is -5.01. The normalized spacial score (nSPS) is 14.1. The molecule has 1 unspecified atom stereocenters. The van der Waals surface area contributed by atoms with Crippen molar-refractivity contribution in [1.29, 1.82) is 0 Å². The number of hydrogen-bond donors (Lipinski definition) is 2. The van der Waals surface area contributed by atoms with Crippen LogP contribution in [0.4, 0.5) is 13.2 Å². The predicted octanol–water partition coefficient (Wildman–Crippen LogP) is 1.52. The molecule has 92 valence electrons. The van der Waals surface area contributed by atoms with Crippen LogP contribution < -0.4 is 5.32 Å². The lowest BCUT2D eigenvalue weighted by atomic mass is 10.3. The van der Waals surface area contributed by atoms with Crippen LogP contribution in [-0.2, 0) is 13.1 Å². The molecule has 1 atom stereocenters. The molecular formula is C10H15F3N2O. The van der Waals surface area contributed by atoms with Crippen molar-refractivity contribution in [3.63, 3.8) is 0 Å². The van der Waals surface area contributed by atoms with Gasteiger partial charge in [-0.05, 0) is 19.1 Å². The van der Waals surface area contributed by atoms with Crippen molar-refractivity contribution in [3.8, 4) is 0 Å². The zero-order chi connectivity index (χ0) is 12.2. The van der Waals surface area contributed by atoms with Crippen LogP contribution in [0.3, 0.4) is 0 Å². The number of halogens is 3. The first-order valence-electron chi connectivity index (χ1n) is 5.04. The van der Waals surface area contributed by atoms with E-state index >= 15 is 0 Å². The van der Waals surface area contributed by atoms with Gasteiger partial charge in [0.15, 0.2) is 6.10 Å². The number of nitrogens with zero attached hydrogens (tertiary/aromatic N) is 1. The molecule has 0 aromatic carbocycles. The predicted molar refractivity (Wildman–Crippen MR) is 53.9 cm³/mol. The molecule has 1 aromatic rings. The molecule has 0 saturated carbocycles. The number of alkyl halides is 3. The molecule has 2 N–H and O–H groups in total. The minimum Gasteiger partial charge on any atom is -0.382 e. The number of aromatic nitrogens is 1. The van der Waals surface area contributed by atoms with Crippen LogP contribution in [0.25, 0.3) is 0 Å². The summed E-state index contributed by atoms with van der Waals surface area (Å²) >= 11 is 0. The van der Waals surface area contributed by atoms with E-state index in [4.69, 9.17) is 5.11 Å². The van der Waals surface area contributed by atoms with Gasteiger partial charge in [0.25, 0.3) is 0 Å². The monoisotopic (exact) mass is 236 g/mol. The average molecular weight is 236 g/mol. The van der Waals surface area contributed by atoms with Crippen molar-refractivity contribution in [2.75, 3.05) is 6.54 Å². The van der Waals surface area contributed by atoms with Crippen LogP contribution in [-0.4, -0.2) is 28.5 Å². The van der Waals surface area contributed by atoms with Crippen molar-refractivity contribution < 1.29 is 18.3 Å². The quantitative estimate of drug-likeness (QED) is 0.813. The number of aliphatic hydroxyl groups excluding tert-OH is 1. The summed E-state index contributed by atoms with van der Waals surface area (Å²) in [4.78, 5) is 0. The maximum atomic E-state index is 12.0. The SMILES string of the molecule is CCn1cccc1CNCC(O)C(F)(F)F. The summed E-state index contributed by atoms with van der Waals surface area (Å²) in [7, 11) is 0. The number of hydrogen-bond acceptors (Lipinski definition) is 2. The molecule has 0 fully saturated rings. The first-order chi connectivity index (χ1) is 7.45. The van der Waals surface area contributed by atoms with Gasteiger partial charge in [0.1, 0.15) is 0 Å². The summed E-state index contributed by atoms with van der Waals surface area (Å²) in [6, 6.07) is 3.66. The lowest BCUT2D eigenvalue weighted by Crippen LogP contribution is -2.38. The summed E-state index contributed by atoms with van der Waals surface area (Å²) in [5.74, 6) is 0. The Hall–Kier alpha value is -1.01. The summed E-state index contributed by atoms with van der Waals surface area (Å²) < 4.78 is 37.8. The van der Waals surface area contributed by atoms with E-state index in [-0.39, 0.29) is 0 Å². The Bertz CT molecular complexity index is 322. The molecule has 0 amide bonds. The second kappa shape index (κ2) is 5.36. The highest BCUT2D eigenvalue weighted by atomic mass is 19.4. The summed E-state index contributed by atoms with van der Waals surface area (Å²) in [6.45, 7) is 2.55. The van der Waals surface area contributed by atoms with Gasteiger partial charge in [0.2, 0.25) is 0 Å². The van der Waals surface area contributed by atoms with E-state index < -0.39 is 18.8 Å². The highest BCUT2D eigenvalue weighted by Gasteiger charge is 2.37. The first kappa shape index (κ1) is 13.1. The lowest BCUT2D eigenvalue weighted by Gasteiger charge is -2.15. The zero-order valence-corrected chi connectivity index (χ0v) is 8.96. The van der Waals surface area contributed by atoms with Crippen LogP contribution in [0.15, 0.2) is 18.3 Å². The van der Waals surface area contributed by atoms with Crippen molar-refractivity contribution in [1.82, 2.24) is 9.88 Å². The zero-order valence-electron chi connectivity index (χ0n) is 8.96. The van der Waals surface area contributed by atoms with Gasteiger partial charge in [-0.2, -0.15) is 13.2 Å². The van der Waals surface area contributed by atoms with E-state index in [1.165, 1.54) is 0 Å². The first-order valence-corrected chi connectivity index (χ1v) is 5.04. The van der Waals surface area contributed by atoms with Crippen LogP contribution in [0.2, 0.25) is 0 Å². The Kier molecular flexibility index (Phi) is 4.37. The molecule has 1 aromatic heterocycles. The minimum atomic E-state index is -4.56. The molecule has 1 rings (SSSR count). The molecule has 0 aliphatic carbocycles. The van der Waals surface area contributed by atoms with Crippen molar-refractivity contribution in [3.05, 3.63) is 24.0 Å². The van der Waals surface area contributed by atoms with Gasteiger partial charge >= 0.3 is 6.18 Å². The molecule has 0 saturated heterocycles. The van der Waals surface area contributed by atoms with Crippen LogP contribution >= 0.6 is 0 Å². The molecular weight excluding hydrogens is 221 g/mol. The van der Waals surface area contributed by atoms with Gasteiger partial charge in [0.05, 0.1) is 0 Å². The maximum absolute atomic E-state index is 12.0. The number of aryl methyl sites for hydroxylation is 1. The van der Waals surface area contributed by atoms with Gasteiger partial charge in [0, 0.05) is 31.5 Å². The van der Waals surface area contributed by atoms with E-state index in [1.54, 1.807) is 0 Å². The fourth-order valence-corrected chi connectivity index (χ4v) is 1.37. The fraction of sp³-hybridized carbons (Fsp3) is 0.600. The molecule has 0 aliphatic rings. The number of nitrogens with one attached hydrogen (secondary N) is 1. The third-order valence-electron chi connectivity index (χ3n) is 2.29. The van der Waals surface area contributed by atoms with Gasteiger partial charge in [-0.1, -0.05) is 0 Å². The Morgan fingerprint density at radius 2 is 2.19 bits per heavy atom. The molecule has 0 aliphatic heterocycles. The second-order valence-electron chi connectivity index (χ2n) is 3.47. The Morgan fingerprint density at radius 1 is 1.50 bits per heavy atom. The minimum absolute atomic E-state index is 0.313. The van der Waals surface area contributed by atoms with Crippen molar-refractivity contribution >= 4 is 0 Å². The van der Waals surface area contributed by atoms with E-state index in [0.717, 1.165) is 12.2 Å². The molecule has 0 bridgehead atoms. The smallest absolute Gasteiger partial charge is 0.382 e. The summed E-state index contributed by atoms with van der Waals surface area (Å²) in [5, 5.41) is 11.3. The topological polar surface area (TPSA) is 37.2 Å². The number of rotatable bonds is 5. The molecule has 0 radical (unpaired) electrons. The average Bonchev–Trinajstić information content (AvgIpc) is 2.63. The lowest BCUT2D eigenvalue weighted by molar-refractivity contribution is -0.201. The number of aliphatic hydroxyl groups is 1. The standard InChI is InChI=1S/C10H15F3N2O/c1-2-15-5-3-4-8(15)6-14-7-9(16)10(11,12)13/h3-5,9,14,16H,2,6-7H2,1H3. The van der Waals surface area contributed by atoms with Gasteiger partial charge in [-0.3, -0.25) is 0 Å². The molecule has 3 nitrogen and oxygen atoms in total. The van der Waals surface area contributed by atoms with Crippen molar-refractivity contribution in [2.24, 2.45) is 0 Å². The Labute approximate surface area is 91.9 Å². The third kappa shape index (κ3) is 3.53. The molecule has 16 heavy (non-hydrogen) atoms. The fourth-order valence-electron chi connectivity index (χ4n) is 1.37. The molecule has 6 heteroatoms. The van der Waals surface area contributed by atoms with Crippen LogP contribution in [0.5, 0.6) is 0 Å². The molecule has 0 spiro atoms. The highest BCUT2D eigenvalue weighted by molar-refractivity contribution is 5.06. The van der Waals surface area contributed by atoms with E-state index in [2.05, 4.69) is 5.32 Å². The third-order valence-corrected chi connectivity index (χ3v) is 2.29. The summed E-state index contributed by atoms with van der Waals surface area (Å²) in [5.41, 5.74) is 0.900. The maximum Gasteiger partial charge on any atom is 0.415 e. The van der Waals surface area contributed by atoms with E-state index in [0.29, 0.717) is 6.54 Å². The van der Waals surface area contributed by atoms with Crippen molar-refractivity contribution in [2.45, 2.75) is 32.3 Å². The largest absolute Gasteiger partial charge is 0.415 e. The molecule has 1 heterocycles. The van der Waals surface area contributed by atoms with E-state index in [9.17, 15) is 13.2 Å². The van der Waals surface area contributed by atoms with Gasteiger partial charge in [-0.15, -0.1) is 0 Å². The van der Waals surface area contributed by atoms with Gasteiger partial charge in [-0.25, -0.2) is 0 Å². The second-order valence-corrected chi connectivity index (χ2v) is 3.47. The van der Waals surface area contributed by atoms with Crippen LogP contribution in [0.1, 0.15) is 12.6 Å². The van der Waals surface area contributed by atoms with E-state index in [1.807, 2.05) is 29.8 Å².